The molecule has 4 aromatic rings. The maximum Gasteiger partial charge on any atom is 0.261 e. The van der Waals surface area contributed by atoms with Crippen molar-refractivity contribution in [1.29, 1.82) is 0 Å². The Morgan fingerprint density at radius 1 is 1.11 bits per heavy atom. The number of hydrogen-bond acceptors (Lipinski definition) is 5. The second-order valence-corrected chi connectivity index (χ2v) is 9.49. The van der Waals surface area contributed by atoms with Gasteiger partial charge in [0, 0.05) is 13.0 Å². The molecule has 7 heteroatoms. The minimum atomic E-state index is 0.0127. The Morgan fingerprint density at radius 2 is 2.00 bits per heavy atom. The SMILES string of the molecule is C=CCc1ccc(OCCn2c(CCCCCNC(=O)c3cccs3)nc3ccccc32)c(OC)c1. The molecule has 0 aliphatic carbocycles. The number of hydrogen-bond donors (Lipinski definition) is 1. The van der Waals surface area contributed by atoms with E-state index in [0.717, 1.165) is 70.9 Å². The van der Waals surface area contributed by atoms with Crippen LogP contribution in [0.3, 0.4) is 0 Å². The van der Waals surface area contributed by atoms with Crippen LogP contribution in [0, 0.1) is 0 Å². The monoisotopic (exact) mass is 503 g/mol. The highest BCUT2D eigenvalue weighted by Gasteiger charge is 2.12. The number of nitrogens with one attached hydrogen (secondary N) is 1. The Hall–Kier alpha value is -3.58. The fourth-order valence-corrected chi connectivity index (χ4v) is 4.86. The maximum absolute atomic E-state index is 12.1. The summed E-state index contributed by atoms with van der Waals surface area (Å²) < 4.78 is 13.9. The van der Waals surface area contributed by atoms with Gasteiger partial charge in [-0.1, -0.05) is 36.8 Å². The van der Waals surface area contributed by atoms with Crippen LogP contribution in [0.5, 0.6) is 11.5 Å². The smallest absolute Gasteiger partial charge is 0.261 e. The third kappa shape index (κ3) is 6.55. The molecule has 6 nitrogen and oxygen atoms in total. The van der Waals surface area contributed by atoms with Crippen molar-refractivity contribution >= 4 is 28.3 Å². The lowest BCUT2D eigenvalue weighted by atomic mass is 10.1. The summed E-state index contributed by atoms with van der Waals surface area (Å²) in [5.74, 6) is 2.55. The van der Waals surface area contributed by atoms with Gasteiger partial charge in [0.05, 0.1) is 29.6 Å². The van der Waals surface area contributed by atoms with Gasteiger partial charge in [0.2, 0.25) is 0 Å². The highest BCUT2D eigenvalue weighted by atomic mass is 32.1. The Morgan fingerprint density at radius 3 is 2.81 bits per heavy atom. The van der Waals surface area contributed by atoms with Crippen LogP contribution in [-0.2, 0) is 19.4 Å². The molecule has 0 aliphatic rings. The number of ether oxygens (including phenoxy) is 2. The summed E-state index contributed by atoms with van der Waals surface area (Å²) in [5, 5.41) is 4.92. The fourth-order valence-electron chi connectivity index (χ4n) is 4.22. The predicted molar refractivity (Wildman–Crippen MR) is 146 cm³/mol. The van der Waals surface area contributed by atoms with Gasteiger partial charge < -0.3 is 19.4 Å². The van der Waals surface area contributed by atoms with E-state index in [0.29, 0.717) is 19.7 Å². The van der Waals surface area contributed by atoms with E-state index < -0.39 is 0 Å². The van der Waals surface area contributed by atoms with Gasteiger partial charge in [0.1, 0.15) is 12.4 Å². The van der Waals surface area contributed by atoms with Gasteiger partial charge in [0.15, 0.2) is 11.5 Å². The number of unbranched alkanes of at least 4 members (excludes halogenated alkanes) is 2. The number of aromatic nitrogens is 2. The molecular formula is C29H33N3O3S. The summed E-state index contributed by atoms with van der Waals surface area (Å²) >= 11 is 1.47. The molecule has 0 saturated carbocycles. The average molecular weight is 504 g/mol. The standard InChI is InChI=1S/C29H33N3O3S/c1-3-10-22-15-16-25(26(21-22)34-2)35-19-18-32-24-12-7-6-11-23(24)31-28(32)14-5-4-8-17-30-29(33)27-13-9-20-36-27/h3,6-7,9,11-13,15-16,20-21H,1,4-5,8,10,14,17-19H2,2H3,(H,30,33). The molecule has 0 saturated heterocycles. The lowest BCUT2D eigenvalue weighted by Gasteiger charge is -2.14. The summed E-state index contributed by atoms with van der Waals surface area (Å²) in [6.07, 6.45) is 6.54. The summed E-state index contributed by atoms with van der Waals surface area (Å²) in [7, 11) is 1.66. The first kappa shape index (κ1) is 25.5. The van der Waals surface area contributed by atoms with Gasteiger partial charge in [0.25, 0.3) is 5.91 Å². The zero-order chi connectivity index (χ0) is 25.2. The van der Waals surface area contributed by atoms with E-state index in [9.17, 15) is 4.79 Å². The van der Waals surface area contributed by atoms with Gasteiger partial charge in [-0.05, 0) is 60.5 Å². The number of benzene rings is 2. The van der Waals surface area contributed by atoms with E-state index in [2.05, 4.69) is 28.6 Å². The van der Waals surface area contributed by atoms with Crippen LogP contribution in [0.15, 0.2) is 72.6 Å². The van der Waals surface area contributed by atoms with Crippen LogP contribution in [0.1, 0.15) is 40.3 Å². The molecule has 0 aliphatic heterocycles. The van der Waals surface area contributed by atoms with Crippen LogP contribution in [0.4, 0.5) is 0 Å². The molecular weight excluding hydrogens is 470 g/mol. The van der Waals surface area contributed by atoms with E-state index in [1.165, 1.54) is 11.3 Å². The molecule has 1 N–H and O–H groups in total. The van der Waals surface area contributed by atoms with E-state index in [4.69, 9.17) is 14.5 Å². The van der Waals surface area contributed by atoms with Crippen molar-refractivity contribution in [3.8, 4) is 11.5 Å². The molecule has 0 radical (unpaired) electrons. The van der Waals surface area contributed by atoms with Crippen molar-refractivity contribution in [3.63, 3.8) is 0 Å². The number of thiophene rings is 1. The molecule has 0 fully saturated rings. The topological polar surface area (TPSA) is 65.4 Å². The molecule has 1 amide bonds. The van der Waals surface area contributed by atoms with Gasteiger partial charge in [-0.25, -0.2) is 4.98 Å². The Balaban J connectivity index is 1.31. The number of aryl methyl sites for hydroxylation is 1. The van der Waals surface area contributed by atoms with Crippen molar-refractivity contribution in [2.24, 2.45) is 0 Å². The number of fused-ring (bicyclic) bond motifs is 1. The highest BCUT2D eigenvalue weighted by Crippen LogP contribution is 2.28. The van der Waals surface area contributed by atoms with E-state index >= 15 is 0 Å². The molecule has 4 rings (SSSR count). The lowest BCUT2D eigenvalue weighted by molar-refractivity contribution is 0.0957. The number of nitrogens with zero attached hydrogens (tertiary/aromatic N) is 2. The fraction of sp³-hybridized carbons (Fsp3) is 0.310. The number of methoxy groups -OCH3 is 1. The van der Waals surface area contributed by atoms with Crippen molar-refractivity contribution in [2.75, 3.05) is 20.3 Å². The molecule has 0 spiro atoms. The highest BCUT2D eigenvalue weighted by molar-refractivity contribution is 7.12. The third-order valence-corrected chi connectivity index (χ3v) is 6.89. The number of imidazole rings is 1. The summed E-state index contributed by atoms with van der Waals surface area (Å²) in [6.45, 7) is 5.70. The van der Waals surface area contributed by atoms with Gasteiger partial charge in [-0.15, -0.1) is 17.9 Å². The zero-order valence-electron chi connectivity index (χ0n) is 20.7. The van der Waals surface area contributed by atoms with Crippen LogP contribution in [0.25, 0.3) is 11.0 Å². The number of para-hydroxylation sites is 2. The van der Waals surface area contributed by atoms with Crippen LogP contribution in [-0.4, -0.2) is 35.7 Å². The summed E-state index contributed by atoms with van der Waals surface area (Å²) in [5.41, 5.74) is 3.26. The number of carbonyl (C=O) groups excluding carboxylic acids is 1. The second kappa shape index (κ2) is 12.9. The predicted octanol–water partition coefficient (Wildman–Crippen LogP) is 6.06. The second-order valence-electron chi connectivity index (χ2n) is 8.54. The first-order chi connectivity index (χ1) is 17.7. The Bertz CT molecular complexity index is 1280. The number of amides is 1. The normalized spacial score (nSPS) is 10.9. The summed E-state index contributed by atoms with van der Waals surface area (Å²) in [4.78, 5) is 17.7. The van der Waals surface area contributed by atoms with Gasteiger partial charge in [-0.2, -0.15) is 0 Å². The van der Waals surface area contributed by atoms with Crippen molar-refractivity contribution in [3.05, 3.63) is 88.9 Å². The molecule has 188 valence electrons. The maximum atomic E-state index is 12.1. The Labute approximate surface area is 216 Å². The summed E-state index contributed by atoms with van der Waals surface area (Å²) in [6, 6.07) is 18.0. The zero-order valence-corrected chi connectivity index (χ0v) is 21.6. The van der Waals surface area contributed by atoms with Crippen molar-refractivity contribution in [1.82, 2.24) is 14.9 Å². The Kier molecular flexibility index (Phi) is 9.16. The van der Waals surface area contributed by atoms with Gasteiger partial charge >= 0.3 is 0 Å². The molecule has 2 aromatic carbocycles. The van der Waals surface area contributed by atoms with Crippen LogP contribution in [0.2, 0.25) is 0 Å². The third-order valence-electron chi connectivity index (χ3n) is 6.02. The number of allylic oxidation sites excluding steroid dienone is 1. The molecule has 2 heterocycles. The van der Waals surface area contributed by atoms with Crippen molar-refractivity contribution in [2.45, 2.75) is 38.6 Å². The van der Waals surface area contributed by atoms with Gasteiger partial charge in [-0.3, -0.25) is 4.79 Å². The largest absolute Gasteiger partial charge is 0.493 e. The van der Waals surface area contributed by atoms with E-state index in [1.807, 2.05) is 53.9 Å². The first-order valence-electron chi connectivity index (χ1n) is 12.4. The van der Waals surface area contributed by atoms with E-state index in [1.54, 1.807) is 7.11 Å². The molecule has 0 bridgehead atoms. The minimum Gasteiger partial charge on any atom is -0.493 e. The van der Waals surface area contributed by atoms with Crippen LogP contribution >= 0.6 is 11.3 Å². The first-order valence-corrected chi connectivity index (χ1v) is 13.2. The molecule has 0 unspecified atom stereocenters. The molecule has 0 atom stereocenters. The minimum absolute atomic E-state index is 0.0127. The van der Waals surface area contributed by atoms with Crippen LogP contribution < -0.4 is 14.8 Å². The average Bonchev–Trinajstić information content (AvgIpc) is 3.55. The van der Waals surface area contributed by atoms with E-state index in [-0.39, 0.29) is 5.91 Å². The molecule has 2 aromatic heterocycles. The molecule has 36 heavy (non-hydrogen) atoms. The lowest BCUT2D eigenvalue weighted by Crippen LogP contribution is -2.23. The van der Waals surface area contributed by atoms with Crippen molar-refractivity contribution < 1.29 is 14.3 Å². The quantitative estimate of drug-likeness (QED) is 0.168. The number of carbonyl (C=O) groups is 1. The number of rotatable bonds is 14.